The van der Waals surface area contributed by atoms with E-state index in [1.165, 1.54) is 41.4 Å². The molecule has 21 heavy (non-hydrogen) atoms. The van der Waals surface area contributed by atoms with E-state index in [4.69, 9.17) is 0 Å². The lowest BCUT2D eigenvalue weighted by Crippen LogP contribution is -2.45. The predicted molar refractivity (Wildman–Crippen MR) is 89.7 cm³/mol. The maximum absolute atomic E-state index is 3.58. The molecule has 3 nitrogen and oxygen atoms in total. The Kier molecular flexibility index (Phi) is 4.61. The molecule has 2 N–H and O–H groups in total. The second-order valence-corrected chi connectivity index (χ2v) is 6.15. The van der Waals surface area contributed by atoms with Crippen molar-refractivity contribution in [1.82, 2.24) is 15.2 Å². The number of aromatic nitrogens is 1. The largest absolute Gasteiger partial charge is 0.358 e. The fourth-order valence-electron chi connectivity index (χ4n) is 3.63. The Hall–Kier alpha value is -1.32. The molecular weight excluding hydrogens is 258 g/mol. The van der Waals surface area contributed by atoms with E-state index in [0.717, 1.165) is 26.2 Å². The highest BCUT2D eigenvalue weighted by molar-refractivity contribution is 5.85. The van der Waals surface area contributed by atoms with Crippen LogP contribution in [0, 0.1) is 6.92 Å². The second kappa shape index (κ2) is 6.63. The van der Waals surface area contributed by atoms with Gasteiger partial charge in [-0.2, -0.15) is 0 Å². The van der Waals surface area contributed by atoms with Crippen molar-refractivity contribution in [3.8, 4) is 0 Å². The maximum atomic E-state index is 3.58. The van der Waals surface area contributed by atoms with Gasteiger partial charge in [0.25, 0.3) is 0 Å². The lowest BCUT2D eigenvalue weighted by molar-refractivity contribution is 0.163. The summed E-state index contributed by atoms with van der Waals surface area (Å²) in [5.74, 6) is 0. The molecule has 3 heteroatoms. The molecule has 1 aliphatic rings. The van der Waals surface area contributed by atoms with Gasteiger partial charge in [0.2, 0.25) is 0 Å². The summed E-state index contributed by atoms with van der Waals surface area (Å²) in [4.78, 5) is 6.26. The van der Waals surface area contributed by atoms with Gasteiger partial charge in [-0.05, 0) is 25.0 Å². The minimum absolute atomic E-state index is 0.559. The quantitative estimate of drug-likeness (QED) is 0.879. The topological polar surface area (TPSA) is 31.1 Å². The van der Waals surface area contributed by atoms with Crippen LogP contribution >= 0.6 is 0 Å². The Morgan fingerprint density at radius 1 is 1.19 bits per heavy atom. The Bertz CT molecular complexity index is 581. The third kappa shape index (κ3) is 2.99. The first-order chi connectivity index (χ1) is 10.3. The van der Waals surface area contributed by atoms with Crippen LogP contribution in [0.4, 0.5) is 0 Å². The number of hydrogen-bond donors (Lipinski definition) is 2. The number of nitrogens with zero attached hydrogens (tertiary/aromatic N) is 1. The first kappa shape index (κ1) is 14.6. The van der Waals surface area contributed by atoms with Crippen LogP contribution in [0.2, 0.25) is 0 Å². The molecule has 0 unspecified atom stereocenters. The molecule has 0 saturated carbocycles. The van der Waals surface area contributed by atoms with Crippen LogP contribution in [-0.4, -0.2) is 36.1 Å². The molecule has 1 aromatic carbocycles. The minimum Gasteiger partial charge on any atom is -0.358 e. The van der Waals surface area contributed by atoms with Gasteiger partial charge in [0.05, 0.1) is 0 Å². The highest BCUT2D eigenvalue weighted by Gasteiger charge is 2.25. The van der Waals surface area contributed by atoms with Crippen LogP contribution in [0.1, 0.15) is 43.5 Å². The lowest BCUT2D eigenvalue weighted by Gasteiger charge is -2.35. The third-order valence-electron chi connectivity index (χ3n) is 4.70. The Morgan fingerprint density at radius 2 is 1.95 bits per heavy atom. The number of nitrogens with one attached hydrogen (secondary N) is 2. The fraction of sp³-hybridized carbons (Fsp3) is 0.556. The number of para-hydroxylation sites is 1. The molecule has 0 amide bonds. The van der Waals surface area contributed by atoms with E-state index < -0.39 is 0 Å². The number of H-pyrrole nitrogens is 1. The summed E-state index contributed by atoms with van der Waals surface area (Å²) in [6.07, 6.45) is 3.83. The van der Waals surface area contributed by atoms with Crippen LogP contribution in [-0.2, 0) is 0 Å². The number of hydrogen-bond acceptors (Lipinski definition) is 2. The molecule has 1 saturated heterocycles. The summed E-state index contributed by atoms with van der Waals surface area (Å²) in [6.45, 7) is 9.07. The summed E-state index contributed by atoms with van der Waals surface area (Å²) < 4.78 is 0. The zero-order chi connectivity index (χ0) is 14.7. The number of aryl methyl sites for hydroxylation is 1. The van der Waals surface area contributed by atoms with Crippen molar-refractivity contribution in [3.63, 3.8) is 0 Å². The minimum atomic E-state index is 0.559. The Morgan fingerprint density at radius 3 is 2.71 bits per heavy atom. The van der Waals surface area contributed by atoms with E-state index in [-0.39, 0.29) is 0 Å². The van der Waals surface area contributed by atoms with Crippen molar-refractivity contribution < 1.29 is 0 Å². The molecule has 3 rings (SSSR count). The van der Waals surface area contributed by atoms with Gasteiger partial charge in [0, 0.05) is 48.8 Å². The monoisotopic (exact) mass is 285 g/mol. The van der Waals surface area contributed by atoms with Crippen molar-refractivity contribution in [2.45, 2.75) is 39.2 Å². The third-order valence-corrected chi connectivity index (χ3v) is 4.70. The normalized spacial score (nSPS) is 18.2. The number of aromatic amines is 1. The first-order valence-corrected chi connectivity index (χ1v) is 8.33. The van der Waals surface area contributed by atoms with Gasteiger partial charge in [-0.15, -0.1) is 0 Å². The molecular formula is C18H27N3. The summed E-state index contributed by atoms with van der Waals surface area (Å²) in [7, 11) is 0. The average molecular weight is 285 g/mol. The number of piperazine rings is 1. The molecule has 1 atom stereocenters. The Labute approximate surface area is 127 Å². The zero-order valence-electron chi connectivity index (χ0n) is 13.3. The van der Waals surface area contributed by atoms with Gasteiger partial charge in [-0.1, -0.05) is 38.0 Å². The molecule has 1 aliphatic heterocycles. The van der Waals surface area contributed by atoms with Crippen molar-refractivity contribution in [2.75, 3.05) is 26.2 Å². The molecule has 114 valence electrons. The van der Waals surface area contributed by atoms with Crippen LogP contribution in [0.3, 0.4) is 0 Å². The molecule has 0 aliphatic carbocycles. The van der Waals surface area contributed by atoms with Crippen molar-refractivity contribution >= 4 is 10.9 Å². The molecule has 0 bridgehead atoms. The molecule has 1 fully saturated rings. The molecule has 0 radical (unpaired) electrons. The van der Waals surface area contributed by atoms with E-state index >= 15 is 0 Å². The lowest BCUT2D eigenvalue weighted by atomic mass is 9.96. The number of rotatable bonds is 5. The van der Waals surface area contributed by atoms with Crippen molar-refractivity contribution in [2.24, 2.45) is 0 Å². The van der Waals surface area contributed by atoms with E-state index in [1.807, 2.05) is 0 Å². The van der Waals surface area contributed by atoms with Crippen molar-refractivity contribution in [3.05, 3.63) is 35.5 Å². The Balaban J connectivity index is 1.98. The zero-order valence-corrected chi connectivity index (χ0v) is 13.3. The van der Waals surface area contributed by atoms with Gasteiger partial charge in [0.1, 0.15) is 0 Å². The van der Waals surface area contributed by atoms with Gasteiger partial charge in [0.15, 0.2) is 0 Å². The predicted octanol–water partition coefficient (Wildman–Crippen LogP) is 3.61. The highest BCUT2D eigenvalue weighted by atomic mass is 15.2. The van der Waals surface area contributed by atoms with Gasteiger partial charge >= 0.3 is 0 Å². The number of benzene rings is 1. The van der Waals surface area contributed by atoms with Gasteiger partial charge in [-0.3, -0.25) is 4.90 Å². The smallest absolute Gasteiger partial charge is 0.0459 e. The molecule has 2 aromatic rings. The van der Waals surface area contributed by atoms with E-state index in [0.29, 0.717) is 6.04 Å². The SMILES string of the molecule is CCCC[C@H](c1c(C)[nH]c2ccccc12)N1CCNCC1. The number of fused-ring (bicyclic) bond motifs is 1. The van der Waals surface area contributed by atoms with Crippen LogP contribution in [0.25, 0.3) is 10.9 Å². The summed E-state index contributed by atoms with van der Waals surface area (Å²) >= 11 is 0. The highest BCUT2D eigenvalue weighted by Crippen LogP contribution is 2.34. The standard InChI is InChI=1S/C18H27N3/c1-3-4-9-17(21-12-10-19-11-13-21)18-14(2)20-16-8-6-5-7-15(16)18/h5-8,17,19-20H,3-4,9-13H2,1-2H3/t17-/m1/s1. The van der Waals surface area contributed by atoms with Crippen LogP contribution in [0.15, 0.2) is 24.3 Å². The van der Waals surface area contributed by atoms with Gasteiger partial charge in [-0.25, -0.2) is 0 Å². The van der Waals surface area contributed by atoms with E-state index in [1.54, 1.807) is 0 Å². The molecule has 1 aromatic heterocycles. The summed E-state index contributed by atoms with van der Waals surface area (Å²) in [6, 6.07) is 9.31. The summed E-state index contributed by atoms with van der Waals surface area (Å²) in [5.41, 5.74) is 4.15. The molecule has 0 spiro atoms. The van der Waals surface area contributed by atoms with Crippen LogP contribution < -0.4 is 5.32 Å². The summed E-state index contributed by atoms with van der Waals surface area (Å²) in [5, 5.41) is 4.88. The van der Waals surface area contributed by atoms with Crippen LogP contribution in [0.5, 0.6) is 0 Å². The average Bonchev–Trinajstić information content (AvgIpc) is 2.85. The molecule has 2 heterocycles. The maximum Gasteiger partial charge on any atom is 0.0459 e. The van der Waals surface area contributed by atoms with Gasteiger partial charge < -0.3 is 10.3 Å². The first-order valence-electron chi connectivity index (χ1n) is 8.33. The second-order valence-electron chi connectivity index (χ2n) is 6.15. The van der Waals surface area contributed by atoms with E-state index in [2.05, 4.69) is 53.3 Å². The van der Waals surface area contributed by atoms with Crippen molar-refractivity contribution in [1.29, 1.82) is 0 Å². The van der Waals surface area contributed by atoms with E-state index in [9.17, 15) is 0 Å². The fourth-order valence-corrected chi connectivity index (χ4v) is 3.63. The number of unbranched alkanes of at least 4 members (excludes halogenated alkanes) is 1.